The van der Waals surface area contributed by atoms with E-state index in [0.29, 0.717) is 5.57 Å². The van der Waals surface area contributed by atoms with E-state index in [2.05, 4.69) is 6.58 Å². The fourth-order valence-corrected chi connectivity index (χ4v) is 10.5. The van der Waals surface area contributed by atoms with Crippen molar-refractivity contribution in [2.24, 2.45) is 33.5 Å². The molecule has 2 bridgehead atoms. The lowest BCUT2D eigenvalue weighted by molar-refractivity contribution is -0.216. The molecule has 4 aliphatic carbocycles. The summed E-state index contributed by atoms with van der Waals surface area (Å²) in [7, 11) is 0. The number of carbonyl (C=O) groups excluding carboxylic acids is 6. The molecule has 5 rings (SSSR count). The van der Waals surface area contributed by atoms with Crippen molar-refractivity contribution < 1.29 is 52.5 Å². The van der Waals surface area contributed by atoms with E-state index >= 15 is 0 Å². The van der Waals surface area contributed by atoms with Crippen LogP contribution in [0.15, 0.2) is 48.6 Å². The summed E-state index contributed by atoms with van der Waals surface area (Å²) in [5.41, 5.74) is -4.42. The van der Waals surface area contributed by atoms with Gasteiger partial charge >= 0.3 is 29.8 Å². The molecule has 0 aliphatic heterocycles. The van der Waals surface area contributed by atoms with Gasteiger partial charge in [0.15, 0.2) is 0 Å². The van der Waals surface area contributed by atoms with Gasteiger partial charge in [0, 0.05) is 63.9 Å². The van der Waals surface area contributed by atoms with E-state index in [4.69, 9.17) is 23.7 Å². The summed E-state index contributed by atoms with van der Waals surface area (Å²) < 4.78 is 30.7. The Morgan fingerprint density at radius 2 is 1.33 bits per heavy atom. The van der Waals surface area contributed by atoms with Gasteiger partial charge in [-0.05, 0) is 22.6 Å². The van der Waals surface area contributed by atoms with Crippen LogP contribution >= 0.6 is 0 Å². The summed E-state index contributed by atoms with van der Waals surface area (Å²) in [6.07, 6.45) is -3.12. The lowest BCUT2D eigenvalue weighted by Gasteiger charge is -2.61. The zero-order valence-electron chi connectivity index (χ0n) is 28.7. The minimum absolute atomic E-state index is 0.0342. The molecule has 10 atom stereocenters. The monoisotopic (exact) mass is 664 g/mol. The summed E-state index contributed by atoms with van der Waals surface area (Å²) in [6, 6.07) is 9.14. The number of carbonyl (C=O) groups is 6. The molecule has 11 nitrogen and oxygen atoms in total. The Morgan fingerprint density at radius 3 is 1.90 bits per heavy atom. The lowest BCUT2D eigenvalue weighted by atomic mass is 9.42. The highest BCUT2D eigenvalue weighted by Gasteiger charge is 2.94. The summed E-state index contributed by atoms with van der Waals surface area (Å²) in [5, 5.41) is 0. The number of hydrogen-bond acceptors (Lipinski definition) is 11. The van der Waals surface area contributed by atoms with Crippen LogP contribution in [0.1, 0.15) is 73.8 Å². The van der Waals surface area contributed by atoms with E-state index in [9.17, 15) is 28.8 Å². The molecule has 0 N–H and O–H groups in total. The number of ether oxygens (including phenoxy) is 5. The molecular weight excluding hydrogens is 620 g/mol. The minimum atomic E-state index is -1.59. The van der Waals surface area contributed by atoms with Gasteiger partial charge in [-0.15, -0.1) is 0 Å². The molecule has 0 amide bonds. The second-order valence-electron chi connectivity index (χ2n) is 14.3. The molecule has 0 aromatic heterocycles. The number of fused-ring (bicyclic) bond motifs is 1. The topological polar surface area (TPSA) is 149 Å². The minimum Gasteiger partial charge on any atom is -0.462 e. The van der Waals surface area contributed by atoms with Crippen LogP contribution in [-0.2, 0) is 52.5 Å². The van der Waals surface area contributed by atoms with E-state index < -0.39 is 93.9 Å². The first kappa shape index (κ1) is 35.0. The van der Waals surface area contributed by atoms with Gasteiger partial charge in [-0.1, -0.05) is 64.6 Å². The number of rotatable bonds is 7. The number of ketones is 1. The maximum Gasteiger partial charge on any atom is 0.331 e. The molecule has 48 heavy (non-hydrogen) atoms. The molecular formula is C37H44O11. The molecule has 4 aliphatic rings. The Morgan fingerprint density at radius 1 is 0.792 bits per heavy atom. The SMILES string of the molecule is C=C1[C@@H](OC(=O)C=Cc2ccccc2)C[C@H](OC(C)=O)[C@@]2(C)[C@@H](OC(C)=O)[C@H](OC(C)=O)[C@@]34[C@H](C)C(=O)C[C@@H]([C@@H](OC(C)=O)[C@]123)C4(C)C. The largest absolute Gasteiger partial charge is 0.462 e. The molecule has 0 unspecified atom stereocenters. The van der Waals surface area contributed by atoms with Gasteiger partial charge in [0.05, 0.1) is 10.8 Å². The Hall–Kier alpha value is -4.28. The quantitative estimate of drug-likeness (QED) is 0.175. The van der Waals surface area contributed by atoms with Crippen LogP contribution in [-0.4, -0.2) is 66.1 Å². The summed E-state index contributed by atoms with van der Waals surface area (Å²) >= 11 is 0. The predicted molar refractivity (Wildman–Crippen MR) is 170 cm³/mol. The number of Topliss-reactive ketones (excluding diaryl/α,β-unsaturated/α-hetero) is 1. The number of benzene rings is 1. The van der Waals surface area contributed by atoms with E-state index in [1.807, 2.05) is 44.2 Å². The average molecular weight is 665 g/mol. The Bertz CT molecular complexity index is 1590. The van der Waals surface area contributed by atoms with Gasteiger partial charge in [0.25, 0.3) is 0 Å². The van der Waals surface area contributed by atoms with Gasteiger partial charge in [-0.3, -0.25) is 24.0 Å². The van der Waals surface area contributed by atoms with Crippen LogP contribution in [0.2, 0.25) is 0 Å². The van der Waals surface area contributed by atoms with Gasteiger partial charge in [-0.2, -0.15) is 0 Å². The first-order chi connectivity index (χ1) is 22.4. The Balaban J connectivity index is 1.83. The van der Waals surface area contributed by atoms with Gasteiger partial charge in [0.2, 0.25) is 0 Å². The van der Waals surface area contributed by atoms with Crippen LogP contribution in [0.5, 0.6) is 0 Å². The van der Waals surface area contributed by atoms with Crippen molar-refractivity contribution in [3.63, 3.8) is 0 Å². The highest BCUT2D eigenvalue weighted by molar-refractivity contribution is 5.88. The van der Waals surface area contributed by atoms with Gasteiger partial charge < -0.3 is 23.7 Å². The number of hydrogen-bond donors (Lipinski definition) is 0. The smallest absolute Gasteiger partial charge is 0.331 e. The maximum atomic E-state index is 14.1. The lowest BCUT2D eigenvalue weighted by Crippen LogP contribution is -2.67. The van der Waals surface area contributed by atoms with Crippen molar-refractivity contribution in [2.45, 2.75) is 98.8 Å². The van der Waals surface area contributed by atoms with Crippen molar-refractivity contribution in [3.8, 4) is 0 Å². The molecule has 0 saturated heterocycles. The van der Waals surface area contributed by atoms with Crippen LogP contribution in [0.25, 0.3) is 6.08 Å². The van der Waals surface area contributed by atoms with Crippen molar-refractivity contribution >= 4 is 41.7 Å². The fraction of sp³-hybridized carbons (Fsp3) is 0.568. The van der Waals surface area contributed by atoms with Crippen molar-refractivity contribution in [1.29, 1.82) is 0 Å². The third-order valence-electron chi connectivity index (χ3n) is 11.8. The van der Waals surface area contributed by atoms with Crippen LogP contribution in [0.4, 0.5) is 0 Å². The first-order valence-corrected chi connectivity index (χ1v) is 16.2. The third kappa shape index (κ3) is 4.67. The normalized spacial score (nSPS) is 37.6. The van der Waals surface area contributed by atoms with Crippen molar-refractivity contribution in [1.82, 2.24) is 0 Å². The second kappa shape index (κ2) is 12.0. The zero-order chi connectivity index (χ0) is 35.6. The Labute approximate surface area is 280 Å². The second-order valence-corrected chi connectivity index (χ2v) is 14.3. The average Bonchev–Trinajstić information content (AvgIpc) is 3.23. The standard InChI is InChI=1S/C37H44O11/c1-19-27(42)17-26-31(45-22(4)39)37-20(2)28(48-30(43)16-15-25-13-11-10-12-14-25)18-29(44-21(3)38)35(37,9)32(46-23(5)40)33(47-24(6)41)36(19,37)34(26,7)8/h10-16,19,26,28-29,31-33H,2,17-18H2,1,3-9H3/t19-,26+,28+,29+,31-,32+,33+,35+,36-,37-/m1/s1. The summed E-state index contributed by atoms with van der Waals surface area (Å²) in [5.74, 6) is -5.07. The predicted octanol–water partition coefficient (Wildman–Crippen LogP) is 4.56. The van der Waals surface area contributed by atoms with Crippen molar-refractivity contribution in [3.05, 3.63) is 54.1 Å². The van der Waals surface area contributed by atoms with Crippen LogP contribution in [0.3, 0.4) is 0 Å². The zero-order valence-corrected chi connectivity index (χ0v) is 28.7. The van der Waals surface area contributed by atoms with E-state index in [1.54, 1.807) is 19.9 Å². The van der Waals surface area contributed by atoms with Gasteiger partial charge in [-0.25, -0.2) is 4.79 Å². The molecule has 0 radical (unpaired) electrons. The van der Waals surface area contributed by atoms with Crippen LogP contribution < -0.4 is 0 Å². The molecule has 258 valence electrons. The third-order valence-corrected chi connectivity index (χ3v) is 11.8. The molecule has 2 spiro atoms. The fourth-order valence-electron chi connectivity index (χ4n) is 10.5. The molecule has 4 fully saturated rings. The first-order valence-electron chi connectivity index (χ1n) is 16.2. The van der Waals surface area contributed by atoms with E-state index in [-0.39, 0.29) is 18.6 Å². The molecule has 1 aromatic rings. The molecule has 1 aromatic carbocycles. The maximum absolute atomic E-state index is 14.1. The number of esters is 5. The summed E-state index contributed by atoms with van der Waals surface area (Å²) in [4.78, 5) is 79.2. The Kier molecular flexibility index (Phi) is 8.76. The van der Waals surface area contributed by atoms with Crippen LogP contribution in [0, 0.1) is 33.5 Å². The highest BCUT2D eigenvalue weighted by atomic mass is 16.6. The molecule has 4 saturated carbocycles. The molecule has 11 heteroatoms. The molecule has 0 heterocycles. The van der Waals surface area contributed by atoms with E-state index in [0.717, 1.165) is 5.56 Å². The van der Waals surface area contributed by atoms with Crippen molar-refractivity contribution in [2.75, 3.05) is 0 Å². The summed E-state index contributed by atoms with van der Waals surface area (Å²) in [6.45, 7) is 16.8. The van der Waals surface area contributed by atoms with E-state index in [1.165, 1.54) is 33.8 Å². The highest BCUT2D eigenvalue weighted by Crippen LogP contribution is 2.87. The van der Waals surface area contributed by atoms with Gasteiger partial charge in [0.1, 0.15) is 36.3 Å².